The molecule has 1 aliphatic carbocycles. The maximum Gasteiger partial charge on any atom is 0.0558 e. The van der Waals surface area contributed by atoms with Gasteiger partial charge in [0.15, 0.2) is 0 Å². The van der Waals surface area contributed by atoms with Gasteiger partial charge in [-0.1, -0.05) is 30.3 Å². The van der Waals surface area contributed by atoms with Crippen molar-refractivity contribution in [3.8, 4) is 0 Å². The molecule has 1 fully saturated rings. The molecule has 1 aromatic rings. The molecular formula is C14H21NO. The zero-order valence-electron chi connectivity index (χ0n) is 9.81. The molecule has 2 heteroatoms. The second kappa shape index (κ2) is 6.02. The summed E-state index contributed by atoms with van der Waals surface area (Å²) in [7, 11) is 0. The molecule has 1 aromatic carbocycles. The fourth-order valence-electron chi connectivity index (χ4n) is 2.18. The first kappa shape index (κ1) is 11.6. The van der Waals surface area contributed by atoms with Gasteiger partial charge in [0, 0.05) is 12.6 Å². The number of hydrogen-bond acceptors (Lipinski definition) is 2. The van der Waals surface area contributed by atoms with E-state index in [9.17, 15) is 0 Å². The van der Waals surface area contributed by atoms with E-state index in [1.54, 1.807) is 0 Å². The second-order valence-electron chi connectivity index (χ2n) is 4.58. The molecule has 1 N–H and O–H groups in total. The molecule has 0 atom stereocenters. The summed E-state index contributed by atoms with van der Waals surface area (Å²) in [5, 5.41) is 8.99. The zero-order chi connectivity index (χ0) is 11.2. The Balaban J connectivity index is 1.70. The molecule has 0 saturated heterocycles. The second-order valence-corrected chi connectivity index (χ2v) is 4.58. The first-order valence-electron chi connectivity index (χ1n) is 6.29. The molecule has 0 spiro atoms. The van der Waals surface area contributed by atoms with Gasteiger partial charge in [0.05, 0.1) is 6.61 Å². The van der Waals surface area contributed by atoms with E-state index in [4.69, 9.17) is 5.11 Å². The van der Waals surface area contributed by atoms with Gasteiger partial charge in [-0.25, -0.2) is 0 Å². The maximum absolute atomic E-state index is 8.99. The van der Waals surface area contributed by atoms with E-state index in [1.165, 1.54) is 24.8 Å². The fraction of sp³-hybridized carbons (Fsp3) is 0.571. The molecule has 0 aromatic heterocycles. The average molecular weight is 219 g/mol. The molecule has 0 bridgehead atoms. The third kappa shape index (κ3) is 3.62. The minimum absolute atomic E-state index is 0.293. The molecule has 1 aliphatic rings. The highest BCUT2D eigenvalue weighted by Gasteiger charge is 2.27. The lowest BCUT2D eigenvalue weighted by molar-refractivity contribution is 0.188. The van der Waals surface area contributed by atoms with Crippen molar-refractivity contribution in [1.82, 2.24) is 4.90 Å². The van der Waals surface area contributed by atoms with Crippen LogP contribution >= 0.6 is 0 Å². The average Bonchev–Trinajstić information content (AvgIpc) is 3.13. The molecule has 0 amide bonds. The van der Waals surface area contributed by atoms with E-state index in [2.05, 4.69) is 35.2 Å². The van der Waals surface area contributed by atoms with Crippen molar-refractivity contribution in [2.45, 2.75) is 31.7 Å². The Kier molecular flexibility index (Phi) is 4.37. The standard InChI is InChI=1S/C14H21NO/c16-12-11-15(14-8-9-14)10-4-7-13-5-2-1-3-6-13/h1-3,5-6,14,16H,4,7-12H2. The van der Waals surface area contributed by atoms with E-state index in [0.29, 0.717) is 6.61 Å². The number of rotatable bonds is 7. The maximum atomic E-state index is 8.99. The summed E-state index contributed by atoms with van der Waals surface area (Å²) < 4.78 is 0. The zero-order valence-corrected chi connectivity index (χ0v) is 9.81. The fourth-order valence-corrected chi connectivity index (χ4v) is 2.18. The Morgan fingerprint density at radius 2 is 1.88 bits per heavy atom. The molecule has 0 aliphatic heterocycles. The van der Waals surface area contributed by atoms with Crippen LogP contribution in [0, 0.1) is 0 Å². The van der Waals surface area contributed by atoms with Crippen molar-refractivity contribution in [3.05, 3.63) is 35.9 Å². The van der Waals surface area contributed by atoms with Crippen LogP contribution in [0.5, 0.6) is 0 Å². The SMILES string of the molecule is OCCN(CCCc1ccccc1)C1CC1. The van der Waals surface area contributed by atoms with E-state index in [0.717, 1.165) is 25.6 Å². The van der Waals surface area contributed by atoms with Crippen LogP contribution in [-0.2, 0) is 6.42 Å². The molecule has 0 unspecified atom stereocenters. The minimum atomic E-state index is 0.293. The molecular weight excluding hydrogens is 198 g/mol. The number of aryl methyl sites for hydroxylation is 1. The van der Waals surface area contributed by atoms with Gasteiger partial charge < -0.3 is 5.11 Å². The monoisotopic (exact) mass is 219 g/mol. The Bertz CT molecular complexity index is 295. The van der Waals surface area contributed by atoms with Crippen LogP contribution in [0.4, 0.5) is 0 Å². The minimum Gasteiger partial charge on any atom is -0.395 e. The van der Waals surface area contributed by atoms with Gasteiger partial charge in [-0.3, -0.25) is 4.90 Å². The first-order chi connectivity index (χ1) is 7.90. The van der Waals surface area contributed by atoms with E-state index < -0.39 is 0 Å². The highest BCUT2D eigenvalue weighted by Crippen LogP contribution is 2.26. The van der Waals surface area contributed by atoms with Crippen LogP contribution in [0.25, 0.3) is 0 Å². The van der Waals surface area contributed by atoms with Gasteiger partial charge in [0.1, 0.15) is 0 Å². The Labute approximate surface area is 97.9 Å². The largest absolute Gasteiger partial charge is 0.395 e. The van der Waals surface area contributed by atoms with Crippen LogP contribution in [-0.4, -0.2) is 35.7 Å². The summed E-state index contributed by atoms with van der Waals surface area (Å²) in [5.74, 6) is 0. The van der Waals surface area contributed by atoms with Crippen LogP contribution < -0.4 is 0 Å². The van der Waals surface area contributed by atoms with E-state index >= 15 is 0 Å². The van der Waals surface area contributed by atoms with E-state index in [1.807, 2.05) is 0 Å². The number of nitrogens with zero attached hydrogens (tertiary/aromatic N) is 1. The van der Waals surface area contributed by atoms with Gasteiger partial charge in [-0.15, -0.1) is 0 Å². The lowest BCUT2D eigenvalue weighted by Gasteiger charge is -2.20. The summed E-state index contributed by atoms with van der Waals surface area (Å²) in [5.41, 5.74) is 1.42. The van der Waals surface area contributed by atoms with Gasteiger partial charge in [0.25, 0.3) is 0 Å². The number of aliphatic hydroxyl groups excluding tert-OH is 1. The number of hydrogen-bond donors (Lipinski definition) is 1. The van der Waals surface area contributed by atoms with E-state index in [-0.39, 0.29) is 0 Å². The topological polar surface area (TPSA) is 23.5 Å². The third-order valence-corrected chi connectivity index (χ3v) is 3.20. The predicted octanol–water partition coefficient (Wildman–Crippen LogP) is 2.08. The van der Waals surface area contributed by atoms with Gasteiger partial charge in [-0.2, -0.15) is 0 Å². The van der Waals surface area contributed by atoms with Crippen molar-refractivity contribution < 1.29 is 5.11 Å². The molecule has 0 radical (unpaired) electrons. The van der Waals surface area contributed by atoms with Gasteiger partial charge in [0.2, 0.25) is 0 Å². The lowest BCUT2D eigenvalue weighted by Crippen LogP contribution is -2.30. The molecule has 0 heterocycles. The predicted molar refractivity (Wildman–Crippen MR) is 66.4 cm³/mol. The molecule has 1 saturated carbocycles. The van der Waals surface area contributed by atoms with Crippen molar-refractivity contribution in [2.24, 2.45) is 0 Å². The smallest absolute Gasteiger partial charge is 0.0558 e. The number of aliphatic hydroxyl groups is 1. The van der Waals surface area contributed by atoms with Crippen molar-refractivity contribution in [3.63, 3.8) is 0 Å². The highest BCUT2D eigenvalue weighted by atomic mass is 16.3. The summed E-state index contributed by atoms with van der Waals surface area (Å²) in [6, 6.07) is 11.4. The van der Waals surface area contributed by atoms with Crippen molar-refractivity contribution in [2.75, 3.05) is 19.7 Å². The third-order valence-electron chi connectivity index (χ3n) is 3.20. The summed E-state index contributed by atoms with van der Waals surface area (Å²) in [4.78, 5) is 2.43. The molecule has 2 nitrogen and oxygen atoms in total. The highest BCUT2D eigenvalue weighted by molar-refractivity contribution is 5.14. The van der Waals surface area contributed by atoms with Crippen molar-refractivity contribution in [1.29, 1.82) is 0 Å². The quantitative estimate of drug-likeness (QED) is 0.759. The van der Waals surface area contributed by atoms with Gasteiger partial charge in [-0.05, 0) is 37.8 Å². The first-order valence-corrected chi connectivity index (χ1v) is 6.29. The normalized spacial score (nSPS) is 15.6. The summed E-state index contributed by atoms with van der Waals surface area (Å²) in [6.45, 7) is 2.27. The summed E-state index contributed by atoms with van der Waals surface area (Å²) >= 11 is 0. The lowest BCUT2D eigenvalue weighted by atomic mass is 10.1. The van der Waals surface area contributed by atoms with Crippen LogP contribution in [0.1, 0.15) is 24.8 Å². The van der Waals surface area contributed by atoms with Crippen LogP contribution in [0.15, 0.2) is 30.3 Å². The summed E-state index contributed by atoms with van der Waals surface area (Å²) in [6.07, 6.45) is 4.99. The Hall–Kier alpha value is -0.860. The Morgan fingerprint density at radius 1 is 1.12 bits per heavy atom. The molecule has 88 valence electrons. The Morgan fingerprint density at radius 3 is 2.50 bits per heavy atom. The number of benzene rings is 1. The molecule has 2 rings (SSSR count). The van der Waals surface area contributed by atoms with Gasteiger partial charge >= 0.3 is 0 Å². The van der Waals surface area contributed by atoms with Crippen LogP contribution in [0.2, 0.25) is 0 Å². The van der Waals surface area contributed by atoms with Crippen molar-refractivity contribution >= 4 is 0 Å². The molecule has 16 heavy (non-hydrogen) atoms. The van der Waals surface area contributed by atoms with Crippen LogP contribution in [0.3, 0.4) is 0 Å².